The van der Waals surface area contributed by atoms with Crippen molar-refractivity contribution in [2.24, 2.45) is 11.7 Å². The van der Waals surface area contributed by atoms with Crippen molar-refractivity contribution in [1.82, 2.24) is 10.1 Å². The number of carbonyl (C=O) groups excluding carboxylic acids is 1. The lowest BCUT2D eigenvalue weighted by atomic mass is 9.62. The van der Waals surface area contributed by atoms with Crippen LogP contribution >= 0.6 is 0 Å². The normalized spacial score (nSPS) is 28.9. The molecule has 22 heavy (non-hydrogen) atoms. The summed E-state index contributed by atoms with van der Waals surface area (Å²) >= 11 is 0. The molecule has 0 bridgehead atoms. The number of rotatable bonds is 3. The van der Waals surface area contributed by atoms with Crippen LogP contribution in [0.2, 0.25) is 0 Å². The molecule has 5 nitrogen and oxygen atoms in total. The summed E-state index contributed by atoms with van der Waals surface area (Å²) in [5.74, 6) is 1.10. The molecule has 2 N–H and O–H groups in total. The molecule has 4 rings (SSSR count). The Bertz CT molecular complexity index is 599. The van der Waals surface area contributed by atoms with Crippen molar-refractivity contribution in [3.63, 3.8) is 0 Å². The highest BCUT2D eigenvalue weighted by Crippen LogP contribution is 2.57. The monoisotopic (exact) mass is 301 g/mol. The van der Waals surface area contributed by atoms with E-state index in [2.05, 4.69) is 16.6 Å². The van der Waals surface area contributed by atoms with Crippen LogP contribution in [0.15, 0.2) is 23.3 Å². The van der Waals surface area contributed by atoms with Gasteiger partial charge in [0.05, 0.1) is 5.56 Å². The third kappa shape index (κ3) is 2.29. The summed E-state index contributed by atoms with van der Waals surface area (Å²) in [6.45, 7) is 8.06. The Morgan fingerprint density at radius 2 is 2.27 bits per heavy atom. The van der Waals surface area contributed by atoms with E-state index in [1.165, 1.54) is 38.8 Å². The number of carbonyl (C=O) groups is 1. The van der Waals surface area contributed by atoms with Crippen molar-refractivity contribution in [2.75, 3.05) is 13.1 Å². The van der Waals surface area contributed by atoms with Gasteiger partial charge in [0.2, 0.25) is 0 Å². The topological polar surface area (TPSA) is 72.4 Å². The van der Waals surface area contributed by atoms with Crippen LogP contribution in [0.4, 0.5) is 0 Å². The number of nitrogens with two attached hydrogens (primary N) is 1. The predicted octanol–water partition coefficient (Wildman–Crippen LogP) is 2.53. The van der Waals surface area contributed by atoms with E-state index in [0.29, 0.717) is 11.3 Å². The van der Waals surface area contributed by atoms with Crippen LogP contribution in [-0.2, 0) is 0 Å². The highest BCUT2D eigenvalue weighted by molar-refractivity contribution is 5.94. The van der Waals surface area contributed by atoms with E-state index in [1.54, 1.807) is 25.2 Å². The number of hydrogen-bond donors (Lipinski definition) is 1. The van der Waals surface area contributed by atoms with E-state index < -0.39 is 5.91 Å². The second-order valence-corrected chi connectivity index (χ2v) is 6.33. The summed E-state index contributed by atoms with van der Waals surface area (Å²) in [5.41, 5.74) is 6.64. The summed E-state index contributed by atoms with van der Waals surface area (Å²) in [4.78, 5) is 13.5. The number of amides is 1. The molecule has 118 valence electrons. The Morgan fingerprint density at radius 3 is 2.73 bits per heavy atom. The number of allylic oxidation sites excluding steroid dienone is 2. The predicted molar refractivity (Wildman–Crippen MR) is 85.3 cm³/mol. The van der Waals surface area contributed by atoms with E-state index in [9.17, 15) is 4.79 Å². The number of aryl methyl sites for hydroxylation is 1. The highest BCUT2D eigenvalue weighted by Gasteiger charge is 2.59. The molecule has 1 aromatic rings. The molecule has 1 aliphatic carbocycles. The minimum absolute atomic E-state index is 0.149. The van der Waals surface area contributed by atoms with Gasteiger partial charge in [-0.2, -0.15) is 0 Å². The van der Waals surface area contributed by atoms with Gasteiger partial charge in [-0.1, -0.05) is 23.9 Å². The average Bonchev–Trinajstić information content (AvgIpc) is 2.87. The van der Waals surface area contributed by atoms with Crippen molar-refractivity contribution >= 4 is 12.0 Å². The van der Waals surface area contributed by atoms with Gasteiger partial charge < -0.3 is 10.3 Å². The molecule has 1 saturated carbocycles. The summed E-state index contributed by atoms with van der Waals surface area (Å²) in [6.07, 6.45) is 11.1. The Balaban J connectivity index is 0.000000137. The van der Waals surface area contributed by atoms with Crippen molar-refractivity contribution in [2.45, 2.75) is 38.1 Å². The molecular weight excluding hydrogens is 278 g/mol. The largest absolute Gasteiger partial charge is 0.364 e. The molecule has 3 fully saturated rings. The molecule has 0 radical (unpaired) electrons. The van der Waals surface area contributed by atoms with E-state index in [0.717, 1.165) is 11.5 Å². The summed E-state index contributed by atoms with van der Waals surface area (Å²) in [7, 11) is 0. The van der Waals surface area contributed by atoms with Crippen molar-refractivity contribution in [3.05, 3.63) is 35.7 Å². The molecule has 5 heteroatoms. The van der Waals surface area contributed by atoms with Gasteiger partial charge >= 0.3 is 0 Å². The van der Waals surface area contributed by atoms with Crippen LogP contribution in [0.5, 0.6) is 0 Å². The SMILES string of the molecule is C1CN2CCC23CCC13.C=C/C=C\c1c(C(N)=O)noc1C. The van der Waals surface area contributed by atoms with Gasteiger partial charge in [0.15, 0.2) is 5.69 Å². The maximum absolute atomic E-state index is 10.8. The first-order chi connectivity index (χ1) is 10.6. The standard InChI is InChI=1S/C9H10N2O2.C8H13N/c1-3-4-5-7-6(2)13-11-8(7)9(10)12;1-3-8-4-6-9(8)5-2-7(1)8/h3-5H,1H2,2H3,(H2,10,12);7H,1-6H2/b5-4-;. The third-order valence-corrected chi connectivity index (χ3v) is 5.42. The van der Waals surface area contributed by atoms with Gasteiger partial charge in [-0.05, 0) is 51.1 Å². The summed E-state index contributed by atoms with van der Waals surface area (Å²) in [6, 6.07) is 0. The zero-order valence-corrected chi connectivity index (χ0v) is 13.0. The van der Waals surface area contributed by atoms with Gasteiger partial charge in [0.1, 0.15) is 5.76 Å². The maximum Gasteiger partial charge on any atom is 0.271 e. The van der Waals surface area contributed by atoms with Gasteiger partial charge in [0.25, 0.3) is 5.91 Å². The molecule has 2 unspecified atom stereocenters. The Kier molecular flexibility index (Phi) is 3.91. The molecule has 2 aliphatic heterocycles. The van der Waals surface area contributed by atoms with Gasteiger partial charge in [-0.15, -0.1) is 0 Å². The fourth-order valence-electron chi connectivity index (χ4n) is 3.96. The zero-order chi connectivity index (χ0) is 15.7. The number of hydrogen-bond acceptors (Lipinski definition) is 4. The van der Waals surface area contributed by atoms with Crippen LogP contribution < -0.4 is 5.73 Å². The number of primary amides is 1. The first kappa shape index (κ1) is 15.0. The second-order valence-electron chi connectivity index (χ2n) is 6.33. The first-order valence-electron chi connectivity index (χ1n) is 7.89. The fraction of sp³-hybridized carbons (Fsp3) is 0.529. The van der Waals surface area contributed by atoms with Crippen LogP contribution in [0, 0.1) is 12.8 Å². The molecule has 1 aromatic heterocycles. The average molecular weight is 301 g/mol. The summed E-state index contributed by atoms with van der Waals surface area (Å²) < 4.78 is 4.82. The zero-order valence-electron chi connectivity index (χ0n) is 13.0. The van der Waals surface area contributed by atoms with Gasteiger partial charge in [0, 0.05) is 12.1 Å². The Labute approximate surface area is 130 Å². The smallest absolute Gasteiger partial charge is 0.271 e. The van der Waals surface area contributed by atoms with E-state index in [-0.39, 0.29) is 5.69 Å². The molecule has 0 aromatic carbocycles. The van der Waals surface area contributed by atoms with Crippen molar-refractivity contribution < 1.29 is 9.32 Å². The van der Waals surface area contributed by atoms with Crippen molar-refractivity contribution in [3.8, 4) is 0 Å². The number of nitrogens with zero attached hydrogens (tertiary/aromatic N) is 2. The quantitative estimate of drug-likeness (QED) is 0.871. The lowest BCUT2D eigenvalue weighted by Gasteiger charge is -2.58. The lowest BCUT2D eigenvalue weighted by Crippen LogP contribution is -2.63. The second kappa shape index (κ2) is 5.72. The maximum atomic E-state index is 10.8. The molecule has 3 heterocycles. The van der Waals surface area contributed by atoms with Crippen LogP contribution in [0.25, 0.3) is 6.08 Å². The van der Waals surface area contributed by atoms with Gasteiger partial charge in [-0.25, -0.2) is 0 Å². The third-order valence-electron chi connectivity index (χ3n) is 5.42. The molecule has 1 amide bonds. The Hall–Kier alpha value is -1.88. The van der Waals surface area contributed by atoms with Crippen LogP contribution in [0.1, 0.15) is 47.5 Å². The van der Waals surface area contributed by atoms with Crippen molar-refractivity contribution in [1.29, 1.82) is 0 Å². The molecular formula is C17H23N3O2. The fourth-order valence-corrected chi connectivity index (χ4v) is 3.96. The highest BCUT2D eigenvalue weighted by atomic mass is 16.5. The Morgan fingerprint density at radius 1 is 1.45 bits per heavy atom. The minimum atomic E-state index is -0.597. The minimum Gasteiger partial charge on any atom is -0.364 e. The number of aromatic nitrogens is 1. The summed E-state index contributed by atoms with van der Waals surface area (Å²) in [5, 5.41) is 3.53. The van der Waals surface area contributed by atoms with E-state index in [4.69, 9.17) is 10.3 Å². The molecule has 1 spiro atoms. The first-order valence-corrected chi connectivity index (χ1v) is 7.89. The molecule has 2 atom stereocenters. The lowest BCUT2D eigenvalue weighted by molar-refractivity contribution is -0.0659. The molecule has 3 aliphatic rings. The van der Waals surface area contributed by atoms with E-state index >= 15 is 0 Å². The van der Waals surface area contributed by atoms with Crippen LogP contribution in [-0.4, -0.2) is 34.6 Å². The van der Waals surface area contributed by atoms with Gasteiger partial charge in [-0.3, -0.25) is 9.69 Å². The van der Waals surface area contributed by atoms with E-state index in [1.807, 2.05) is 0 Å². The molecule has 2 saturated heterocycles. The van der Waals surface area contributed by atoms with Crippen LogP contribution in [0.3, 0.4) is 0 Å².